The minimum absolute atomic E-state index is 0.540. The van der Waals surface area contributed by atoms with Crippen molar-refractivity contribution in [1.82, 2.24) is 9.97 Å². The van der Waals surface area contributed by atoms with Gasteiger partial charge >= 0.3 is 5.97 Å². The zero-order chi connectivity index (χ0) is 20.1. The van der Waals surface area contributed by atoms with E-state index >= 15 is 0 Å². The van der Waals surface area contributed by atoms with Crippen molar-refractivity contribution in [3.63, 3.8) is 0 Å². The lowest BCUT2D eigenvalue weighted by atomic mass is 10.1. The van der Waals surface area contributed by atoms with E-state index in [-0.39, 0.29) is 0 Å². The highest BCUT2D eigenvalue weighted by molar-refractivity contribution is 5.86. The molecule has 0 radical (unpaired) electrons. The van der Waals surface area contributed by atoms with E-state index in [0.717, 1.165) is 39.7 Å². The van der Waals surface area contributed by atoms with Gasteiger partial charge in [0, 0.05) is 23.3 Å². The van der Waals surface area contributed by atoms with Crippen molar-refractivity contribution >= 4 is 34.5 Å². The Labute approximate surface area is 168 Å². The SMILES string of the molecule is O=C(O)/C=C/c1cccc(N(Cc2ccccn2)c2ccc3ccccc3n2)c1. The van der Waals surface area contributed by atoms with Crippen LogP contribution in [0.25, 0.3) is 17.0 Å². The first-order chi connectivity index (χ1) is 14.2. The van der Waals surface area contributed by atoms with Gasteiger partial charge in [-0.25, -0.2) is 9.78 Å². The molecule has 0 bridgehead atoms. The molecule has 0 saturated carbocycles. The Hall–Kier alpha value is -3.99. The van der Waals surface area contributed by atoms with Gasteiger partial charge < -0.3 is 10.0 Å². The Bertz CT molecular complexity index is 1170. The third-order valence-electron chi connectivity index (χ3n) is 4.51. The van der Waals surface area contributed by atoms with Crippen LogP contribution < -0.4 is 4.90 Å². The van der Waals surface area contributed by atoms with Crippen molar-refractivity contribution in [2.75, 3.05) is 4.90 Å². The van der Waals surface area contributed by atoms with Gasteiger partial charge in [0.2, 0.25) is 0 Å². The lowest BCUT2D eigenvalue weighted by molar-refractivity contribution is -0.131. The summed E-state index contributed by atoms with van der Waals surface area (Å²) in [5, 5.41) is 9.99. The summed E-state index contributed by atoms with van der Waals surface area (Å²) in [7, 11) is 0. The Morgan fingerprint density at radius 2 is 1.83 bits per heavy atom. The maximum absolute atomic E-state index is 10.9. The van der Waals surface area contributed by atoms with Gasteiger partial charge in [0.25, 0.3) is 0 Å². The van der Waals surface area contributed by atoms with Crippen LogP contribution in [0.2, 0.25) is 0 Å². The van der Waals surface area contributed by atoms with Crippen molar-refractivity contribution in [2.24, 2.45) is 0 Å². The third-order valence-corrected chi connectivity index (χ3v) is 4.51. The van der Waals surface area contributed by atoms with Crippen LogP contribution in [0.1, 0.15) is 11.3 Å². The number of hydrogen-bond donors (Lipinski definition) is 1. The highest BCUT2D eigenvalue weighted by Crippen LogP contribution is 2.28. The van der Waals surface area contributed by atoms with E-state index in [2.05, 4.69) is 16.0 Å². The number of hydrogen-bond acceptors (Lipinski definition) is 4. The molecule has 4 aromatic rings. The van der Waals surface area contributed by atoms with Gasteiger partial charge in [-0.1, -0.05) is 36.4 Å². The molecule has 0 saturated heterocycles. The van der Waals surface area contributed by atoms with Crippen LogP contribution >= 0.6 is 0 Å². The number of fused-ring (bicyclic) bond motifs is 1. The number of nitrogens with zero attached hydrogens (tertiary/aromatic N) is 3. The maximum Gasteiger partial charge on any atom is 0.328 e. The summed E-state index contributed by atoms with van der Waals surface area (Å²) >= 11 is 0. The number of aliphatic carboxylic acids is 1. The van der Waals surface area contributed by atoms with Crippen LogP contribution in [0.4, 0.5) is 11.5 Å². The maximum atomic E-state index is 10.9. The summed E-state index contributed by atoms with van der Waals surface area (Å²) in [6, 6.07) is 25.6. The van der Waals surface area contributed by atoms with Crippen molar-refractivity contribution in [3.8, 4) is 0 Å². The Balaban J connectivity index is 1.77. The van der Waals surface area contributed by atoms with E-state index in [1.54, 1.807) is 12.3 Å². The molecular weight excluding hydrogens is 362 g/mol. The molecule has 5 heteroatoms. The van der Waals surface area contributed by atoms with Gasteiger partial charge in [-0.15, -0.1) is 0 Å². The normalized spacial score (nSPS) is 11.0. The fraction of sp³-hybridized carbons (Fsp3) is 0.0417. The Morgan fingerprint density at radius 3 is 2.66 bits per heavy atom. The first kappa shape index (κ1) is 18.4. The van der Waals surface area contributed by atoms with Crippen molar-refractivity contribution < 1.29 is 9.90 Å². The Kier molecular flexibility index (Phi) is 5.29. The number of carboxylic acids is 1. The monoisotopic (exact) mass is 381 g/mol. The minimum atomic E-state index is -0.975. The average Bonchev–Trinajstić information content (AvgIpc) is 2.76. The number of para-hydroxylation sites is 1. The summed E-state index contributed by atoms with van der Waals surface area (Å²) in [4.78, 5) is 22.2. The largest absolute Gasteiger partial charge is 0.478 e. The average molecular weight is 381 g/mol. The molecule has 0 fully saturated rings. The van der Waals surface area contributed by atoms with Crippen LogP contribution in [-0.4, -0.2) is 21.0 Å². The third kappa shape index (κ3) is 4.47. The van der Waals surface area contributed by atoms with Crippen molar-refractivity contribution in [3.05, 3.63) is 102 Å². The second-order valence-corrected chi connectivity index (χ2v) is 6.54. The molecule has 29 heavy (non-hydrogen) atoms. The molecule has 2 heterocycles. The predicted octanol–water partition coefficient (Wildman–Crippen LogP) is 5.07. The molecule has 0 spiro atoms. The van der Waals surface area contributed by atoms with Crippen LogP contribution in [0.3, 0.4) is 0 Å². The van der Waals surface area contributed by atoms with Gasteiger partial charge in [0.05, 0.1) is 17.8 Å². The molecule has 4 rings (SSSR count). The van der Waals surface area contributed by atoms with Crippen LogP contribution in [0.15, 0.2) is 91.1 Å². The number of carboxylic acid groups (broad SMARTS) is 1. The molecule has 0 unspecified atom stereocenters. The molecule has 2 aromatic carbocycles. The van der Waals surface area contributed by atoms with Gasteiger partial charge in [0.15, 0.2) is 0 Å². The molecule has 5 nitrogen and oxygen atoms in total. The van der Waals surface area contributed by atoms with Crippen molar-refractivity contribution in [2.45, 2.75) is 6.54 Å². The number of carbonyl (C=O) groups is 1. The molecule has 0 aliphatic rings. The number of benzene rings is 2. The molecular formula is C24H19N3O2. The minimum Gasteiger partial charge on any atom is -0.478 e. The van der Waals surface area contributed by atoms with Gasteiger partial charge in [-0.3, -0.25) is 4.98 Å². The Morgan fingerprint density at radius 1 is 0.966 bits per heavy atom. The summed E-state index contributed by atoms with van der Waals surface area (Å²) in [5.74, 6) is -0.175. The number of pyridine rings is 2. The fourth-order valence-electron chi connectivity index (χ4n) is 3.13. The highest BCUT2D eigenvalue weighted by atomic mass is 16.4. The van der Waals surface area contributed by atoms with E-state index in [9.17, 15) is 4.79 Å². The van der Waals surface area contributed by atoms with E-state index in [0.29, 0.717) is 6.54 Å². The van der Waals surface area contributed by atoms with Gasteiger partial charge in [-0.2, -0.15) is 0 Å². The molecule has 1 N–H and O–H groups in total. The lowest BCUT2D eigenvalue weighted by Crippen LogP contribution is -2.18. The second kappa shape index (κ2) is 8.35. The summed E-state index contributed by atoms with van der Waals surface area (Å²) in [5.41, 5.74) is 3.54. The number of anilines is 2. The standard InChI is InChI=1S/C24H19N3O2/c28-24(29)14-11-18-6-5-9-21(16-18)27(17-20-8-3-4-15-25-20)23-13-12-19-7-1-2-10-22(19)26-23/h1-16H,17H2,(H,28,29)/b14-11+. The van der Waals surface area contributed by atoms with Crippen LogP contribution in [-0.2, 0) is 11.3 Å². The smallest absolute Gasteiger partial charge is 0.328 e. The van der Waals surface area contributed by atoms with Gasteiger partial charge in [0.1, 0.15) is 5.82 Å². The first-order valence-corrected chi connectivity index (χ1v) is 9.23. The zero-order valence-corrected chi connectivity index (χ0v) is 15.6. The molecule has 0 aliphatic carbocycles. The molecule has 0 amide bonds. The summed E-state index contributed by atoms with van der Waals surface area (Å²) < 4.78 is 0. The van der Waals surface area contributed by atoms with Crippen LogP contribution in [0.5, 0.6) is 0 Å². The second-order valence-electron chi connectivity index (χ2n) is 6.54. The molecule has 2 aromatic heterocycles. The summed E-state index contributed by atoms with van der Waals surface area (Å²) in [6.45, 7) is 0.540. The van der Waals surface area contributed by atoms with Crippen molar-refractivity contribution in [1.29, 1.82) is 0 Å². The van der Waals surface area contributed by atoms with E-state index in [1.165, 1.54) is 0 Å². The topological polar surface area (TPSA) is 66.3 Å². The predicted molar refractivity (Wildman–Crippen MR) is 115 cm³/mol. The van der Waals surface area contributed by atoms with E-state index in [4.69, 9.17) is 10.1 Å². The molecule has 0 aliphatic heterocycles. The lowest BCUT2D eigenvalue weighted by Gasteiger charge is -2.24. The zero-order valence-electron chi connectivity index (χ0n) is 15.6. The number of aromatic nitrogens is 2. The fourth-order valence-corrected chi connectivity index (χ4v) is 3.13. The van der Waals surface area contributed by atoms with E-state index < -0.39 is 5.97 Å². The quantitative estimate of drug-likeness (QED) is 0.473. The van der Waals surface area contributed by atoms with Crippen LogP contribution in [0, 0.1) is 0 Å². The van der Waals surface area contributed by atoms with E-state index in [1.807, 2.05) is 72.8 Å². The van der Waals surface area contributed by atoms with Gasteiger partial charge in [-0.05, 0) is 54.1 Å². The molecule has 142 valence electrons. The highest BCUT2D eigenvalue weighted by Gasteiger charge is 2.13. The molecule has 0 atom stereocenters. The number of rotatable bonds is 6. The first-order valence-electron chi connectivity index (χ1n) is 9.23. The summed E-state index contributed by atoms with van der Waals surface area (Å²) in [6.07, 6.45) is 4.49.